The molecule has 0 aliphatic rings. The van der Waals surface area contributed by atoms with Gasteiger partial charge in [-0.15, -0.1) is 11.8 Å². The molecule has 0 aromatic carbocycles. The SMILES string of the molecule is CCNc1cc(SC)ncn1. The highest BCUT2D eigenvalue weighted by Gasteiger charge is 1.93. The summed E-state index contributed by atoms with van der Waals surface area (Å²) < 4.78 is 0. The first kappa shape index (κ1) is 8.33. The lowest BCUT2D eigenvalue weighted by molar-refractivity contribution is 1.03. The van der Waals surface area contributed by atoms with E-state index >= 15 is 0 Å². The van der Waals surface area contributed by atoms with Gasteiger partial charge < -0.3 is 5.32 Å². The maximum Gasteiger partial charge on any atom is 0.130 e. The Kier molecular flexibility index (Phi) is 3.16. The van der Waals surface area contributed by atoms with Crippen molar-refractivity contribution >= 4 is 17.6 Å². The molecule has 1 rings (SSSR count). The number of nitrogens with one attached hydrogen (secondary N) is 1. The Balaban J connectivity index is 2.74. The highest BCUT2D eigenvalue weighted by Crippen LogP contribution is 2.12. The third-order valence-electron chi connectivity index (χ3n) is 1.21. The van der Waals surface area contributed by atoms with Crippen LogP contribution >= 0.6 is 11.8 Å². The van der Waals surface area contributed by atoms with Gasteiger partial charge in [-0.25, -0.2) is 9.97 Å². The molecule has 0 atom stereocenters. The molecular formula is C7H11N3S. The Bertz CT molecular complexity index is 227. The van der Waals surface area contributed by atoms with Crippen LogP contribution < -0.4 is 5.32 Å². The molecule has 1 aromatic rings. The van der Waals surface area contributed by atoms with Crippen LogP contribution in [-0.4, -0.2) is 22.8 Å². The summed E-state index contributed by atoms with van der Waals surface area (Å²) in [6, 6.07) is 1.94. The zero-order valence-electron chi connectivity index (χ0n) is 6.66. The third-order valence-corrected chi connectivity index (χ3v) is 1.85. The summed E-state index contributed by atoms with van der Waals surface area (Å²) in [6.07, 6.45) is 3.57. The van der Waals surface area contributed by atoms with E-state index in [2.05, 4.69) is 15.3 Å². The first-order chi connectivity index (χ1) is 5.36. The average molecular weight is 169 g/mol. The average Bonchev–Trinajstić information content (AvgIpc) is 2.06. The van der Waals surface area contributed by atoms with Crippen LogP contribution in [0.1, 0.15) is 6.92 Å². The fourth-order valence-corrected chi connectivity index (χ4v) is 1.11. The molecule has 11 heavy (non-hydrogen) atoms. The van der Waals surface area contributed by atoms with Gasteiger partial charge in [0, 0.05) is 12.6 Å². The van der Waals surface area contributed by atoms with E-state index in [0.29, 0.717) is 0 Å². The van der Waals surface area contributed by atoms with Gasteiger partial charge in [0.2, 0.25) is 0 Å². The van der Waals surface area contributed by atoms with Crippen molar-refractivity contribution < 1.29 is 0 Å². The zero-order valence-corrected chi connectivity index (χ0v) is 7.48. The summed E-state index contributed by atoms with van der Waals surface area (Å²) in [5.74, 6) is 0.895. The topological polar surface area (TPSA) is 37.8 Å². The maximum atomic E-state index is 4.05. The van der Waals surface area contributed by atoms with Crippen molar-refractivity contribution in [1.82, 2.24) is 9.97 Å². The molecule has 0 radical (unpaired) electrons. The molecule has 1 aromatic heterocycles. The number of thioether (sulfide) groups is 1. The van der Waals surface area contributed by atoms with Gasteiger partial charge in [0.15, 0.2) is 0 Å². The zero-order chi connectivity index (χ0) is 8.10. The van der Waals surface area contributed by atoms with E-state index < -0.39 is 0 Å². The van der Waals surface area contributed by atoms with Crippen LogP contribution in [0, 0.1) is 0 Å². The summed E-state index contributed by atoms with van der Waals surface area (Å²) in [7, 11) is 0. The first-order valence-electron chi connectivity index (χ1n) is 3.46. The van der Waals surface area contributed by atoms with Crippen molar-refractivity contribution in [2.45, 2.75) is 11.9 Å². The third kappa shape index (κ3) is 2.38. The predicted molar refractivity (Wildman–Crippen MR) is 48.0 cm³/mol. The predicted octanol–water partition coefficient (Wildman–Crippen LogP) is 1.63. The quantitative estimate of drug-likeness (QED) is 0.551. The monoisotopic (exact) mass is 169 g/mol. The molecule has 60 valence electrons. The molecule has 3 nitrogen and oxygen atoms in total. The maximum absolute atomic E-state index is 4.05. The lowest BCUT2D eigenvalue weighted by Crippen LogP contribution is -1.99. The number of rotatable bonds is 3. The Morgan fingerprint density at radius 1 is 1.55 bits per heavy atom. The van der Waals surface area contributed by atoms with Crippen LogP contribution in [0.15, 0.2) is 17.4 Å². The summed E-state index contributed by atoms with van der Waals surface area (Å²) >= 11 is 1.62. The van der Waals surface area contributed by atoms with Crippen LogP contribution in [-0.2, 0) is 0 Å². The van der Waals surface area contributed by atoms with Gasteiger partial charge >= 0.3 is 0 Å². The largest absolute Gasteiger partial charge is 0.370 e. The van der Waals surface area contributed by atoms with Gasteiger partial charge in [-0.3, -0.25) is 0 Å². The molecule has 0 saturated heterocycles. The minimum absolute atomic E-state index is 0.894. The highest BCUT2D eigenvalue weighted by atomic mass is 32.2. The van der Waals surface area contributed by atoms with Gasteiger partial charge in [-0.2, -0.15) is 0 Å². The van der Waals surface area contributed by atoms with Crippen molar-refractivity contribution in [3.05, 3.63) is 12.4 Å². The second kappa shape index (κ2) is 4.18. The molecule has 0 saturated carbocycles. The minimum atomic E-state index is 0.894. The summed E-state index contributed by atoms with van der Waals surface area (Å²) in [6.45, 7) is 2.94. The molecule has 0 aliphatic carbocycles. The van der Waals surface area contributed by atoms with Crippen LogP contribution in [0.3, 0.4) is 0 Å². The Morgan fingerprint density at radius 3 is 3.00 bits per heavy atom. The second-order valence-electron chi connectivity index (χ2n) is 1.98. The van der Waals surface area contributed by atoms with Crippen LogP contribution in [0.4, 0.5) is 5.82 Å². The molecule has 1 N–H and O–H groups in total. The summed E-state index contributed by atoms with van der Waals surface area (Å²) in [5.41, 5.74) is 0. The minimum Gasteiger partial charge on any atom is -0.370 e. The Labute approximate surface area is 70.6 Å². The number of nitrogens with zero attached hydrogens (tertiary/aromatic N) is 2. The van der Waals surface area contributed by atoms with Crippen LogP contribution in [0.25, 0.3) is 0 Å². The molecule has 0 unspecified atom stereocenters. The van der Waals surface area contributed by atoms with E-state index in [1.807, 2.05) is 19.2 Å². The molecule has 4 heteroatoms. The van der Waals surface area contributed by atoms with E-state index in [4.69, 9.17) is 0 Å². The van der Waals surface area contributed by atoms with E-state index in [-0.39, 0.29) is 0 Å². The smallest absolute Gasteiger partial charge is 0.130 e. The fourth-order valence-electron chi connectivity index (χ4n) is 0.729. The van der Waals surface area contributed by atoms with Crippen molar-refractivity contribution in [2.75, 3.05) is 18.1 Å². The number of anilines is 1. The fraction of sp³-hybridized carbons (Fsp3) is 0.429. The van der Waals surface area contributed by atoms with Gasteiger partial charge in [-0.1, -0.05) is 0 Å². The highest BCUT2D eigenvalue weighted by molar-refractivity contribution is 7.98. The summed E-state index contributed by atoms with van der Waals surface area (Å²) in [5, 5.41) is 4.11. The molecule has 0 bridgehead atoms. The first-order valence-corrected chi connectivity index (χ1v) is 4.69. The van der Waals surface area contributed by atoms with E-state index in [0.717, 1.165) is 17.4 Å². The molecule has 0 amide bonds. The standard InChI is InChI=1S/C7H11N3S/c1-3-8-6-4-7(11-2)10-5-9-6/h4-5H,3H2,1-2H3,(H,8,9,10). The van der Waals surface area contributed by atoms with Gasteiger partial charge in [0.1, 0.15) is 17.2 Å². The molecule has 0 fully saturated rings. The normalized spacial score (nSPS) is 9.64. The molecular weight excluding hydrogens is 158 g/mol. The van der Waals surface area contributed by atoms with E-state index in [1.165, 1.54) is 0 Å². The lowest BCUT2D eigenvalue weighted by atomic mass is 10.5. The molecule has 1 heterocycles. The lowest BCUT2D eigenvalue weighted by Gasteiger charge is -2.01. The van der Waals surface area contributed by atoms with Crippen molar-refractivity contribution in [3.8, 4) is 0 Å². The van der Waals surface area contributed by atoms with Gasteiger partial charge in [0.05, 0.1) is 0 Å². The Hall–Kier alpha value is -0.770. The molecule has 0 aliphatic heterocycles. The van der Waals surface area contributed by atoms with Crippen molar-refractivity contribution in [3.63, 3.8) is 0 Å². The molecule has 0 spiro atoms. The van der Waals surface area contributed by atoms with Crippen LogP contribution in [0.2, 0.25) is 0 Å². The van der Waals surface area contributed by atoms with Gasteiger partial charge in [0.25, 0.3) is 0 Å². The van der Waals surface area contributed by atoms with E-state index in [1.54, 1.807) is 18.1 Å². The number of hydrogen-bond acceptors (Lipinski definition) is 4. The summed E-state index contributed by atoms with van der Waals surface area (Å²) in [4.78, 5) is 8.09. The number of aromatic nitrogens is 2. The Morgan fingerprint density at radius 2 is 2.36 bits per heavy atom. The van der Waals surface area contributed by atoms with Crippen molar-refractivity contribution in [2.24, 2.45) is 0 Å². The second-order valence-corrected chi connectivity index (χ2v) is 2.80. The van der Waals surface area contributed by atoms with Crippen LogP contribution in [0.5, 0.6) is 0 Å². The number of hydrogen-bond donors (Lipinski definition) is 1. The van der Waals surface area contributed by atoms with Crippen molar-refractivity contribution in [1.29, 1.82) is 0 Å². The van der Waals surface area contributed by atoms with E-state index in [9.17, 15) is 0 Å². The van der Waals surface area contributed by atoms with Gasteiger partial charge in [-0.05, 0) is 13.2 Å².